The summed E-state index contributed by atoms with van der Waals surface area (Å²) >= 11 is 5.85. The highest BCUT2D eigenvalue weighted by molar-refractivity contribution is 6.30. The SMILES string of the molecule is COc1cc(Cl)ccc1C(=O)OCc1ccccc1C(N)=O. The third-order valence-corrected chi connectivity index (χ3v) is 3.26. The molecule has 0 saturated heterocycles. The second-order valence-corrected chi connectivity index (χ2v) is 4.88. The number of amides is 1. The molecule has 0 aliphatic heterocycles. The first-order chi connectivity index (χ1) is 10.5. The van der Waals surface area contributed by atoms with E-state index in [4.69, 9.17) is 26.8 Å². The average Bonchev–Trinajstić information content (AvgIpc) is 2.52. The minimum Gasteiger partial charge on any atom is -0.496 e. The number of methoxy groups -OCH3 is 1. The van der Waals surface area contributed by atoms with E-state index in [2.05, 4.69) is 0 Å². The van der Waals surface area contributed by atoms with E-state index < -0.39 is 11.9 Å². The molecular formula is C16H14ClNO4. The van der Waals surface area contributed by atoms with Gasteiger partial charge in [-0.05, 0) is 24.3 Å². The van der Waals surface area contributed by atoms with E-state index in [0.717, 1.165) is 0 Å². The molecule has 114 valence electrons. The van der Waals surface area contributed by atoms with Gasteiger partial charge >= 0.3 is 5.97 Å². The molecule has 0 saturated carbocycles. The Hall–Kier alpha value is -2.53. The van der Waals surface area contributed by atoms with Gasteiger partial charge in [-0.25, -0.2) is 4.79 Å². The van der Waals surface area contributed by atoms with Crippen molar-refractivity contribution in [3.8, 4) is 5.75 Å². The van der Waals surface area contributed by atoms with E-state index in [0.29, 0.717) is 21.9 Å². The van der Waals surface area contributed by atoms with Gasteiger partial charge in [0.15, 0.2) is 0 Å². The van der Waals surface area contributed by atoms with E-state index in [1.807, 2.05) is 0 Å². The van der Waals surface area contributed by atoms with Gasteiger partial charge in [0.2, 0.25) is 5.91 Å². The van der Waals surface area contributed by atoms with Gasteiger partial charge in [-0.1, -0.05) is 29.8 Å². The first-order valence-electron chi connectivity index (χ1n) is 6.41. The Bertz CT molecular complexity index is 715. The molecule has 0 fully saturated rings. The molecule has 6 heteroatoms. The Morgan fingerprint density at radius 3 is 2.55 bits per heavy atom. The van der Waals surface area contributed by atoms with Crippen molar-refractivity contribution >= 4 is 23.5 Å². The fourth-order valence-electron chi connectivity index (χ4n) is 1.94. The number of halogens is 1. The highest BCUT2D eigenvalue weighted by Crippen LogP contribution is 2.24. The van der Waals surface area contributed by atoms with Crippen LogP contribution in [-0.2, 0) is 11.3 Å². The normalized spacial score (nSPS) is 10.1. The van der Waals surface area contributed by atoms with Gasteiger partial charge < -0.3 is 15.2 Å². The van der Waals surface area contributed by atoms with Crippen LogP contribution in [0.2, 0.25) is 5.02 Å². The average molecular weight is 320 g/mol. The number of esters is 1. The first-order valence-corrected chi connectivity index (χ1v) is 6.79. The van der Waals surface area contributed by atoms with E-state index in [9.17, 15) is 9.59 Å². The molecule has 2 N–H and O–H groups in total. The Morgan fingerprint density at radius 2 is 1.86 bits per heavy atom. The Morgan fingerprint density at radius 1 is 1.14 bits per heavy atom. The van der Waals surface area contributed by atoms with Crippen molar-refractivity contribution in [1.29, 1.82) is 0 Å². The number of rotatable bonds is 5. The standard InChI is InChI=1S/C16H14ClNO4/c1-21-14-8-11(17)6-7-13(14)16(20)22-9-10-4-2-3-5-12(10)15(18)19/h2-8H,9H2,1H3,(H2,18,19). The van der Waals surface area contributed by atoms with E-state index in [1.54, 1.807) is 30.3 Å². The maximum Gasteiger partial charge on any atom is 0.342 e. The van der Waals surface area contributed by atoms with Gasteiger partial charge in [0.1, 0.15) is 17.9 Å². The number of ether oxygens (including phenoxy) is 2. The predicted molar refractivity (Wildman–Crippen MR) is 82.1 cm³/mol. The summed E-state index contributed by atoms with van der Waals surface area (Å²) in [5.74, 6) is -0.829. The molecule has 5 nitrogen and oxygen atoms in total. The number of carbonyl (C=O) groups excluding carboxylic acids is 2. The van der Waals surface area contributed by atoms with Crippen molar-refractivity contribution in [2.24, 2.45) is 5.73 Å². The molecule has 2 aromatic carbocycles. The van der Waals surface area contributed by atoms with Gasteiger partial charge in [-0.15, -0.1) is 0 Å². The molecule has 0 heterocycles. The smallest absolute Gasteiger partial charge is 0.342 e. The molecule has 2 rings (SSSR count). The minimum atomic E-state index is -0.576. The molecular weight excluding hydrogens is 306 g/mol. The first kappa shape index (κ1) is 15.9. The third-order valence-electron chi connectivity index (χ3n) is 3.03. The van der Waals surface area contributed by atoms with E-state index >= 15 is 0 Å². The zero-order valence-electron chi connectivity index (χ0n) is 11.8. The highest BCUT2D eigenvalue weighted by Gasteiger charge is 2.15. The quantitative estimate of drug-likeness (QED) is 0.859. The predicted octanol–water partition coefficient (Wildman–Crippen LogP) is 2.80. The summed E-state index contributed by atoms with van der Waals surface area (Å²) in [6.07, 6.45) is 0. The number of hydrogen-bond acceptors (Lipinski definition) is 4. The summed E-state index contributed by atoms with van der Waals surface area (Å²) in [6.45, 7) is -0.0657. The number of hydrogen-bond donors (Lipinski definition) is 1. The number of primary amides is 1. The molecule has 0 atom stereocenters. The molecule has 0 aliphatic carbocycles. The highest BCUT2D eigenvalue weighted by atomic mass is 35.5. The lowest BCUT2D eigenvalue weighted by Gasteiger charge is -2.10. The van der Waals surface area contributed by atoms with Crippen LogP contribution in [0.3, 0.4) is 0 Å². The Balaban J connectivity index is 2.16. The van der Waals surface area contributed by atoms with Gasteiger partial charge in [-0.2, -0.15) is 0 Å². The topological polar surface area (TPSA) is 78.6 Å². The lowest BCUT2D eigenvalue weighted by molar-refractivity contribution is 0.0467. The number of nitrogens with two attached hydrogens (primary N) is 1. The summed E-state index contributed by atoms with van der Waals surface area (Å²) in [7, 11) is 1.44. The zero-order chi connectivity index (χ0) is 16.1. The van der Waals surface area contributed by atoms with Crippen molar-refractivity contribution in [1.82, 2.24) is 0 Å². The van der Waals surface area contributed by atoms with Crippen LogP contribution in [-0.4, -0.2) is 19.0 Å². The van der Waals surface area contributed by atoms with E-state index in [-0.39, 0.29) is 12.2 Å². The van der Waals surface area contributed by atoms with Crippen molar-refractivity contribution in [2.45, 2.75) is 6.61 Å². The van der Waals surface area contributed by atoms with Gasteiger partial charge in [0, 0.05) is 16.1 Å². The fourth-order valence-corrected chi connectivity index (χ4v) is 2.10. The molecule has 0 bridgehead atoms. The molecule has 0 spiro atoms. The lowest BCUT2D eigenvalue weighted by atomic mass is 10.1. The van der Waals surface area contributed by atoms with Crippen LogP contribution in [0.15, 0.2) is 42.5 Å². The fraction of sp³-hybridized carbons (Fsp3) is 0.125. The molecule has 0 radical (unpaired) electrons. The molecule has 0 unspecified atom stereocenters. The van der Waals surface area contributed by atoms with Gasteiger partial charge in [-0.3, -0.25) is 4.79 Å². The van der Waals surface area contributed by atoms with Crippen molar-refractivity contribution in [3.05, 3.63) is 64.2 Å². The van der Waals surface area contributed by atoms with Crippen LogP contribution < -0.4 is 10.5 Å². The second kappa shape index (κ2) is 6.95. The number of carbonyl (C=O) groups is 2. The van der Waals surface area contributed by atoms with Gasteiger partial charge in [0.05, 0.1) is 7.11 Å². The molecule has 0 aliphatic rings. The molecule has 0 aromatic heterocycles. The summed E-state index contributed by atoms with van der Waals surface area (Å²) in [5.41, 5.74) is 6.39. The Kier molecular flexibility index (Phi) is 5.01. The lowest BCUT2D eigenvalue weighted by Crippen LogP contribution is -2.15. The summed E-state index contributed by atoms with van der Waals surface area (Å²) < 4.78 is 10.3. The van der Waals surface area contributed by atoms with Crippen LogP contribution in [0.5, 0.6) is 5.75 Å². The van der Waals surface area contributed by atoms with Crippen LogP contribution in [0, 0.1) is 0 Å². The maximum atomic E-state index is 12.1. The number of benzene rings is 2. The second-order valence-electron chi connectivity index (χ2n) is 4.44. The largest absolute Gasteiger partial charge is 0.496 e. The summed E-state index contributed by atoms with van der Waals surface area (Å²) in [4.78, 5) is 23.5. The van der Waals surface area contributed by atoms with Crippen molar-refractivity contribution in [3.63, 3.8) is 0 Å². The molecule has 1 amide bonds. The van der Waals surface area contributed by atoms with Crippen LogP contribution in [0.4, 0.5) is 0 Å². The third kappa shape index (κ3) is 3.56. The van der Waals surface area contributed by atoms with Crippen LogP contribution >= 0.6 is 11.6 Å². The Labute approximate surface area is 132 Å². The monoisotopic (exact) mass is 319 g/mol. The maximum absolute atomic E-state index is 12.1. The van der Waals surface area contributed by atoms with Crippen LogP contribution in [0.25, 0.3) is 0 Å². The van der Waals surface area contributed by atoms with E-state index in [1.165, 1.54) is 19.2 Å². The summed E-state index contributed by atoms with van der Waals surface area (Å²) in [5, 5.41) is 0.451. The summed E-state index contributed by atoms with van der Waals surface area (Å²) in [6, 6.07) is 11.3. The van der Waals surface area contributed by atoms with Crippen molar-refractivity contribution in [2.75, 3.05) is 7.11 Å². The molecule has 2 aromatic rings. The van der Waals surface area contributed by atoms with Crippen molar-refractivity contribution < 1.29 is 19.1 Å². The molecule has 22 heavy (non-hydrogen) atoms. The zero-order valence-corrected chi connectivity index (χ0v) is 12.6. The van der Waals surface area contributed by atoms with Crippen LogP contribution in [0.1, 0.15) is 26.3 Å². The minimum absolute atomic E-state index is 0.0657. The van der Waals surface area contributed by atoms with Gasteiger partial charge in [0.25, 0.3) is 0 Å².